The Morgan fingerprint density at radius 2 is 2.15 bits per heavy atom. The number of benzene rings is 2. The lowest BCUT2D eigenvalue weighted by molar-refractivity contribution is 0.269. The molecule has 0 radical (unpaired) electrons. The molecule has 4 heteroatoms. The van der Waals surface area contributed by atoms with Crippen LogP contribution in [0.2, 0.25) is 5.02 Å². The van der Waals surface area contributed by atoms with Crippen LogP contribution in [-0.2, 0) is 0 Å². The minimum absolute atomic E-state index is 0.138. The van der Waals surface area contributed by atoms with Gasteiger partial charge in [-0.1, -0.05) is 35.9 Å². The summed E-state index contributed by atoms with van der Waals surface area (Å²) in [5, 5.41) is 0.138. The lowest BCUT2D eigenvalue weighted by Crippen LogP contribution is -2.20. The van der Waals surface area contributed by atoms with Gasteiger partial charge in [-0.3, -0.25) is 0 Å². The quantitative estimate of drug-likeness (QED) is 0.908. The molecule has 0 aromatic heterocycles. The zero-order valence-electron chi connectivity index (χ0n) is 10.9. The molecule has 20 heavy (non-hydrogen) atoms. The second-order valence-corrected chi connectivity index (χ2v) is 5.30. The molecule has 0 bridgehead atoms. The van der Waals surface area contributed by atoms with Crippen molar-refractivity contribution in [3.8, 4) is 16.9 Å². The highest BCUT2D eigenvalue weighted by Crippen LogP contribution is 2.38. The third-order valence-corrected chi connectivity index (χ3v) is 4.11. The fraction of sp³-hybridized carbons (Fsp3) is 0.250. The van der Waals surface area contributed by atoms with Gasteiger partial charge in [0.25, 0.3) is 0 Å². The molecule has 1 aliphatic rings. The maximum Gasteiger partial charge on any atom is 0.142 e. The first-order valence-corrected chi connectivity index (χ1v) is 6.99. The van der Waals surface area contributed by atoms with E-state index < -0.39 is 5.82 Å². The van der Waals surface area contributed by atoms with Crippen molar-refractivity contribution >= 4 is 11.6 Å². The summed E-state index contributed by atoms with van der Waals surface area (Å²) in [5.74, 6) is 0.739. The van der Waals surface area contributed by atoms with Gasteiger partial charge in [0.1, 0.15) is 11.6 Å². The summed E-state index contributed by atoms with van der Waals surface area (Å²) in [4.78, 5) is 0. The average Bonchev–Trinajstić information content (AvgIpc) is 2.49. The Kier molecular flexibility index (Phi) is 3.64. The van der Waals surface area contributed by atoms with Crippen LogP contribution in [0.25, 0.3) is 11.1 Å². The second-order valence-electron chi connectivity index (χ2n) is 4.92. The van der Waals surface area contributed by atoms with E-state index in [0.29, 0.717) is 24.6 Å². The molecule has 104 valence electrons. The van der Waals surface area contributed by atoms with Gasteiger partial charge in [0, 0.05) is 11.5 Å². The first kappa shape index (κ1) is 13.4. The van der Waals surface area contributed by atoms with E-state index in [2.05, 4.69) is 0 Å². The molecule has 0 unspecified atom stereocenters. The first-order valence-electron chi connectivity index (χ1n) is 6.62. The minimum Gasteiger partial charge on any atom is -0.493 e. The number of nitrogens with two attached hydrogens (primary N) is 1. The second kappa shape index (κ2) is 5.43. The molecule has 0 saturated carbocycles. The SMILES string of the molecule is NC[C@@H]1CCOc2cc(-c3cccc(F)c3Cl)ccc21. The van der Waals surface area contributed by atoms with Crippen LogP contribution < -0.4 is 10.5 Å². The van der Waals surface area contributed by atoms with Gasteiger partial charge >= 0.3 is 0 Å². The Morgan fingerprint density at radius 3 is 2.95 bits per heavy atom. The summed E-state index contributed by atoms with van der Waals surface area (Å²) in [6, 6.07) is 10.7. The summed E-state index contributed by atoms with van der Waals surface area (Å²) in [6.45, 7) is 1.27. The zero-order valence-corrected chi connectivity index (χ0v) is 11.7. The van der Waals surface area contributed by atoms with Crippen molar-refractivity contribution < 1.29 is 9.13 Å². The molecule has 3 rings (SSSR count). The number of rotatable bonds is 2. The van der Waals surface area contributed by atoms with Gasteiger partial charge in [-0.2, -0.15) is 0 Å². The predicted molar refractivity (Wildman–Crippen MR) is 78.8 cm³/mol. The number of hydrogen-bond donors (Lipinski definition) is 1. The molecule has 2 nitrogen and oxygen atoms in total. The van der Waals surface area contributed by atoms with E-state index in [1.165, 1.54) is 6.07 Å². The van der Waals surface area contributed by atoms with Gasteiger partial charge in [0.05, 0.1) is 11.6 Å². The van der Waals surface area contributed by atoms with Gasteiger partial charge in [-0.25, -0.2) is 4.39 Å². The number of fused-ring (bicyclic) bond motifs is 1. The number of ether oxygens (including phenoxy) is 1. The Balaban J connectivity index is 2.06. The summed E-state index contributed by atoms with van der Waals surface area (Å²) in [5.41, 5.74) is 8.43. The van der Waals surface area contributed by atoms with Crippen molar-refractivity contribution in [1.82, 2.24) is 0 Å². The summed E-state index contributed by atoms with van der Waals surface area (Å²) >= 11 is 6.03. The maximum atomic E-state index is 13.5. The number of halogens is 2. The standard InChI is InChI=1S/C16H15ClFNO/c17-16-13(2-1-3-14(16)18)10-4-5-12-11(9-19)6-7-20-15(12)8-10/h1-5,8,11H,6-7,9,19H2/t11-/m0/s1. The highest BCUT2D eigenvalue weighted by molar-refractivity contribution is 6.33. The molecular formula is C16H15ClFNO. The van der Waals surface area contributed by atoms with Crippen LogP contribution in [0.1, 0.15) is 17.9 Å². The molecule has 0 amide bonds. The molecule has 0 fully saturated rings. The normalized spacial score (nSPS) is 17.4. The van der Waals surface area contributed by atoms with Crippen LogP contribution in [0, 0.1) is 5.82 Å². The monoisotopic (exact) mass is 291 g/mol. The summed E-state index contributed by atoms with van der Waals surface area (Å²) in [7, 11) is 0. The molecule has 2 aromatic carbocycles. The van der Waals surface area contributed by atoms with Crippen molar-refractivity contribution in [1.29, 1.82) is 0 Å². The molecule has 2 N–H and O–H groups in total. The Hall–Kier alpha value is -1.58. The van der Waals surface area contributed by atoms with Gasteiger partial charge in [0.2, 0.25) is 0 Å². The van der Waals surface area contributed by atoms with Crippen LogP contribution >= 0.6 is 11.6 Å². The molecule has 1 atom stereocenters. The van der Waals surface area contributed by atoms with Crippen LogP contribution in [0.15, 0.2) is 36.4 Å². The summed E-state index contributed by atoms with van der Waals surface area (Å²) in [6.07, 6.45) is 0.934. The first-order chi connectivity index (χ1) is 9.70. The fourth-order valence-electron chi connectivity index (χ4n) is 2.60. The molecule has 1 aliphatic heterocycles. The van der Waals surface area contributed by atoms with E-state index >= 15 is 0 Å². The van der Waals surface area contributed by atoms with Crippen molar-refractivity contribution in [2.45, 2.75) is 12.3 Å². The maximum absolute atomic E-state index is 13.5. The molecular weight excluding hydrogens is 277 g/mol. The lowest BCUT2D eigenvalue weighted by Gasteiger charge is -2.25. The van der Waals surface area contributed by atoms with Gasteiger partial charge < -0.3 is 10.5 Å². The smallest absolute Gasteiger partial charge is 0.142 e. The van der Waals surface area contributed by atoms with E-state index in [1.807, 2.05) is 18.2 Å². The highest BCUT2D eigenvalue weighted by Gasteiger charge is 2.21. The van der Waals surface area contributed by atoms with E-state index in [1.54, 1.807) is 12.1 Å². The van der Waals surface area contributed by atoms with Gasteiger partial charge in [0.15, 0.2) is 0 Å². The molecule has 0 aliphatic carbocycles. The van der Waals surface area contributed by atoms with Crippen LogP contribution in [-0.4, -0.2) is 13.2 Å². The molecule has 2 aromatic rings. The van der Waals surface area contributed by atoms with Crippen LogP contribution in [0.4, 0.5) is 4.39 Å². The topological polar surface area (TPSA) is 35.2 Å². The highest BCUT2D eigenvalue weighted by atomic mass is 35.5. The van der Waals surface area contributed by atoms with E-state index in [4.69, 9.17) is 22.1 Å². The largest absolute Gasteiger partial charge is 0.493 e. The molecule has 1 heterocycles. The van der Waals surface area contributed by atoms with Crippen molar-refractivity contribution in [3.05, 3.63) is 52.8 Å². The fourth-order valence-corrected chi connectivity index (χ4v) is 2.84. The van der Waals surface area contributed by atoms with Gasteiger partial charge in [-0.15, -0.1) is 0 Å². The Bertz CT molecular complexity index is 644. The van der Waals surface area contributed by atoms with Crippen LogP contribution in [0.5, 0.6) is 5.75 Å². The Morgan fingerprint density at radius 1 is 1.30 bits per heavy atom. The zero-order chi connectivity index (χ0) is 14.1. The predicted octanol–water partition coefficient (Wildman–Crippen LogP) is 3.97. The molecule has 0 spiro atoms. The average molecular weight is 292 g/mol. The third-order valence-electron chi connectivity index (χ3n) is 3.72. The summed E-state index contributed by atoms with van der Waals surface area (Å²) < 4.78 is 19.2. The lowest BCUT2D eigenvalue weighted by atomic mass is 9.91. The van der Waals surface area contributed by atoms with Crippen molar-refractivity contribution in [2.24, 2.45) is 5.73 Å². The van der Waals surface area contributed by atoms with E-state index in [0.717, 1.165) is 23.3 Å². The molecule has 0 saturated heterocycles. The van der Waals surface area contributed by atoms with Crippen LogP contribution in [0.3, 0.4) is 0 Å². The Labute approximate surface area is 122 Å². The van der Waals surface area contributed by atoms with Crippen molar-refractivity contribution in [3.63, 3.8) is 0 Å². The van der Waals surface area contributed by atoms with E-state index in [-0.39, 0.29) is 5.02 Å². The van der Waals surface area contributed by atoms with Crippen molar-refractivity contribution in [2.75, 3.05) is 13.2 Å². The van der Waals surface area contributed by atoms with Gasteiger partial charge in [-0.05, 0) is 36.2 Å². The third kappa shape index (κ3) is 2.28. The number of hydrogen-bond acceptors (Lipinski definition) is 2. The minimum atomic E-state index is -0.414. The van der Waals surface area contributed by atoms with E-state index in [9.17, 15) is 4.39 Å².